The van der Waals surface area contributed by atoms with E-state index in [1.807, 2.05) is 0 Å². The van der Waals surface area contributed by atoms with Crippen molar-refractivity contribution in [1.29, 1.82) is 0 Å². The molecule has 144 valence electrons. The summed E-state index contributed by atoms with van der Waals surface area (Å²) in [4.78, 5) is 32.6. The third kappa shape index (κ3) is 8.22. The van der Waals surface area contributed by atoms with E-state index in [4.69, 9.17) is 0 Å². The zero-order valence-electron chi connectivity index (χ0n) is 15.0. The third-order valence-electron chi connectivity index (χ3n) is 3.63. The van der Waals surface area contributed by atoms with Gasteiger partial charge in [0.1, 0.15) is 17.9 Å². The van der Waals surface area contributed by atoms with Crippen LogP contribution < -0.4 is 0 Å². The number of esters is 2. The standard InChI is InChI=1S/C13H15FO4.C7H5FO/c1-17-12(15)7-10(8-13(16)18-2)9-3-5-11(14)6-4-9;8-7-3-1-6(5-9)2-4-7/h3-6,10H,7-8H2,1-2H3;1-5H. The van der Waals surface area contributed by atoms with Gasteiger partial charge in [-0.3, -0.25) is 14.4 Å². The lowest BCUT2D eigenvalue weighted by Gasteiger charge is -2.14. The molecule has 0 radical (unpaired) electrons. The first-order valence-corrected chi connectivity index (χ1v) is 7.99. The van der Waals surface area contributed by atoms with Crippen molar-refractivity contribution in [2.75, 3.05) is 14.2 Å². The van der Waals surface area contributed by atoms with Crippen LogP contribution in [0.25, 0.3) is 0 Å². The number of aldehydes is 1. The van der Waals surface area contributed by atoms with Gasteiger partial charge < -0.3 is 9.47 Å². The second-order valence-electron chi connectivity index (χ2n) is 5.48. The predicted octanol–water partition coefficient (Wildman–Crippen LogP) is 3.67. The van der Waals surface area contributed by atoms with Gasteiger partial charge in [-0.05, 0) is 42.0 Å². The topological polar surface area (TPSA) is 69.7 Å². The summed E-state index contributed by atoms with van der Waals surface area (Å²) in [5, 5.41) is 0. The second kappa shape index (κ2) is 11.5. The van der Waals surface area contributed by atoms with Crippen molar-refractivity contribution in [2.45, 2.75) is 18.8 Å². The maximum absolute atomic E-state index is 12.8. The minimum absolute atomic E-state index is 0.0528. The molecule has 5 nitrogen and oxygen atoms in total. The third-order valence-corrected chi connectivity index (χ3v) is 3.63. The molecule has 0 aromatic heterocycles. The first kappa shape index (κ1) is 22.0. The van der Waals surface area contributed by atoms with E-state index >= 15 is 0 Å². The summed E-state index contributed by atoms with van der Waals surface area (Å²) >= 11 is 0. The molecule has 0 aliphatic heterocycles. The molecule has 0 unspecified atom stereocenters. The van der Waals surface area contributed by atoms with Gasteiger partial charge >= 0.3 is 11.9 Å². The molecule has 0 saturated carbocycles. The zero-order valence-corrected chi connectivity index (χ0v) is 15.0. The molecule has 7 heteroatoms. The molecule has 27 heavy (non-hydrogen) atoms. The van der Waals surface area contributed by atoms with E-state index in [-0.39, 0.29) is 30.4 Å². The second-order valence-corrected chi connectivity index (χ2v) is 5.48. The van der Waals surface area contributed by atoms with Gasteiger partial charge in [0.05, 0.1) is 27.1 Å². The van der Waals surface area contributed by atoms with Gasteiger partial charge in [0, 0.05) is 11.5 Å². The van der Waals surface area contributed by atoms with Crippen LogP contribution >= 0.6 is 0 Å². The lowest BCUT2D eigenvalue weighted by molar-refractivity contribution is -0.143. The van der Waals surface area contributed by atoms with Crippen LogP contribution in [0.5, 0.6) is 0 Å². The molecular formula is C20H20F2O5. The highest BCUT2D eigenvalue weighted by molar-refractivity contribution is 5.75. The van der Waals surface area contributed by atoms with E-state index in [0.29, 0.717) is 17.4 Å². The zero-order chi connectivity index (χ0) is 20.2. The van der Waals surface area contributed by atoms with Crippen LogP contribution in [0, 0.1) is 11.6 Å². The van der Waals surface area contributed by atoms with Gasteiger partial charge in [-0.1, -0.05) is 12.1 Å². The van der Waals surface area contributed by atoms with Crippen LogP contribution in [-0.2, 0) is 19.1 Å². The number of benzene rings is 2. The molecule has 0 atom stereocenters. The van der Waals surface area contributed by atoms with E-state index in [9.17, 15) is 23.2 Å². The van der Waals surface area contributed by atoms with Crippen LogP contribution in [0.4, 0.5) is 8.78 Å². The summed E-state index contributed by atoms with van der Waals surface area (Å²) in [5.41, 5.74) is 1.20. The molecule has 0 aliphatic rings. The Morgan fingerprint density at radius 2 is 1.26 bits per heavy atom. The Morgan fingerprint density at radius 3 is 1.63 bits per heavy atom. The lowest BCUT2D eigenvalue weighted by atomic mass is 9.92. The van der Waals surface area contributed by atoms with Gasteiger partial charge in [-0.25, -0.2) is 8.78 Å². The molecule has 2 aromatic rings. The van der Waals surface area contributed by atoms with Gasteiger partial charge in [0.15, 0.2) is 0 Å². The van der Waals surface area contributed by atoms with E-state index in [1.54, 1.807) is 12.1 Å². The van der Waals surface area contributed by atoms with Crippen molar-refractivity contribution in [2.24, 2.45) is 0 Å². The number of hydrogen-bond donors (Lipinski definition) is 0. The highest BCUT2D eigenvalue weighted by Gasteiger charge is 2.20. The molecule has 0 bridgehead atoms. The minimum Gasteiger partial charge on any atom is -0.469 e. The maximum Gasteiger partial charge on any atom is 0.306 e. The minimum atomic E-state index is -0.423. The first-order chi connectivity index (χ1) is 12.9. The van der Waals surface area contributed by atoms with E-state index in [0.717, 1.165) is 0 Å². The van der Waals surface area contributed by atoms with Crippen molar-refractivity contribution in [1.82, 2.24) is 0 Å². The van der Waals surface area contributed by atoms with Crippen LogP contribution in [-0.4, -0.2) is 32.4 Å². The molecule has 0 fully saturated rings. The molecule has 0 amide bonds. The number of carbonyl (C=O) groups is 3. The van der Waals surface area contributed by atoms with E-state index in [2.05, 4.69) is 9.47 Å². The Balaban J connectivity index is 0.000000337. The number of carbonyl (C=O) groups excluding carboxylic acids is 3. The van der Waals surface area contributed by atoms with Crippen molar-refractivity contribution in [3.63, 3.8) is 0 Å². The first-order valence-electron chi connectivity index (χ1n) is 7.99. The highest BCUT2D eigenvalue weighted by Crippen LogP contribution is 2.24. The van der Waals surface area contributed by atoms with Gasteiger partial charge in [0.2, 0.25) is 0 Å². The highest BCUT2D eigenvalue weighted by atomic mass is 19.1. The quantitative estimate of drug-likeness (QED) is 0.567. The number of methoxy groups -OCH3 is 2. The summed E-state index contributed by atoms with van der Waals surface area (Å²) < 4.78 is 34.1. The van der Waals surface area contributed by atoms with Crippen LogP contribution in [0.1, 0.15) is 34.7 Å². The normalized spacial score (nSPS) is 9.81. The summed E-state index contributed by atoms with van der Waals surface area (Å²) in [6.07, 6.45) is 0.786. The molecule has 0 heterocycles. The van der Waals surface area contributed by atoms with Crippen molar-refractivity contribution >= 4 is 18.2 Å². The summed E-state index contributed by atoms with van der Waals surface area (Å²) in [7, 11) is 2.56. The molecule has 0 saturated heterocycles. The summed E-state index contributed by atoms with van der Waals surface area (Å²) in [5.74, 6) is -1.90. The average Bonchev–Trinajstić information content (AvgIpc) is 2.69. The molecule has 0 N–H and O–H groups in total. The predicted molar refractivity (Wildman–Crippen MR) is 94.2 cm³/mol. The fourth-order valence-corrected chi connectivity index (χ4v) is 2.15. The van der Waals surface area contributed by atoms with Crippen molar-refractivity contribution < 1.29 is 32.6 Å². The Kier molecular flexibility index (Phi) is 9.36. The average molecular weight is 378 g/mol. The molecule has 2 rings (SSSR count). The SMILES string of the molecule is COC(=O)CC(CC(=O)OC)c1ccc(F)cc1.O=Cc1ccc(F)cc1. The maximum atomic E-state index is 12.8. The lowest BCUT2D eigenvalue weighted by Crippen LogP contribution is -2.14. The van der Waals surface area contributed by atoms with E-state index < -0.39 is 11.9 Å². The Hall–Kier alpha value is -3.09. The molecule has 0 spiro atoms. The summed E-state index contributed by atoms with van der Waals surface area (Å²) in [6, 6.07) is 11.0. The molecule has 2 aromatic carbocycles. The van der Waals surface area contributed by atoms with Crippen molar-refractivity contribution in [3.05, 3.63) is 71.3 Å². The van der Waals surface area contributed by atoms with Crippen LogP contribution in [0.15, 0.2) is 48.5 Å². The summed E-state index contributed by atoms with van der Waals surface area (Å²) in [6.45, 7) is 0. The monoisotopic (exact) mass is 378 g/mol. The Morgan fingerprint density at radius 1 is 0.852 bits per heavy atom. The van der Waals surface area contributed by atoms with E-state index in [1.165, 1.54) is 50.6 Å². The number of hydrogen-bond acceptors (Lipinski definition) is 5. The van der Waals surface area contributed by atoms with Gasteiger partial charge in [-0.15, -0.1) is 0 Å². The van der Waals surface area contributed by atoms with Crippen LogP contribution in [0.2, 0.25) is 0 Å². The number of ether oxygens (including phenoxy) is 2. The largest absolute Gasteiger partial charge is 0.469 e. The molecule has 0 aliphatic carbocycles. The smallest absolute Gasteiger partial charge is 0.306 e. The van der Waals surface area contributed by atoms with Gasteiger partial charge in [-0.2, -0.15) is 0 Å². The van der Waals surface area contributed by atoms with Gasteiger partial charge in [0.25, 0.3) is 0 Å². The number of rotatable bonds is 6. The fraction of sp³-hybridized carbons (Fsp3) is 0.250. The van der Waals surface area contributed by atoms with Crippen LogP contribution in [0.3, 0.4) is 0 Å². The molecular weight excluding hydrogens is 358 g/mol. The Labute approximate surface area is 155 Å². The van der Waals surface area contributed by atoms with Crippen molar-refractivity contribution in [3.8, 4) is 0 Å². The fourth-order valence-electron chi connectivity index (χ4n) is 2.15. The number of halogens is 2. The Bertz CT molecular complexity index is 724.